The van der Waals surface area contributed by atoms with E-state index >= 15 is 0 Å². The van der Waals surface area contributed by atoms with Crippen LogP contribution < -0.4 is 5.32 Å². The summed E-state index contributed by atoms with van der Waals surface area (Å²) in [5, 5.41) is 14.0. The van der Waals surface area contributed by atoms with Gasteiger partial charge in [-0.2, -0.15) is 0 Å². The van der Waals surface area contributed by atoms with Crippen molar-refractivity contribution in [2.75, 3.05) is 5.32 Å². The monoisotopic (exact) mass is 352 g/mol. The van der Waals surface area contributed by atoms with E-state index in [1.54, 1.807) is 25.4 Å². The standard InChI is InChI=1S/C12H11BrN4O2.C2H6/c1-7-5-14-12(15-6-7)16-11-8(2)3-9(13)4-10(11)17(18)19;1-2/h3-6H,1-2H3,(H,14,15,16);1-2H3. The van der Waals surface area contributed by atoms with Gasteiger partial charge in [0, 0.05) is 22.9 Å². The molecule has 0 atom stereocenters. The third kappa shape index (κ3) is 4.49. The molecule has 0 bridgehead atoms. The lowest BCUT2D eigenvalue weighted by molar-refractivity contribution is -0.384. The molecule has 1 aromatic heterocycles. The summed E-state index contributed by atoms with van der Waals surface area (Å²) in [6, 6.07) is 3.24. The summed E-state index contributed by atoms with van der Waals surface area (Å²) < 4.78 is 0.659. The van der Waals surface area contributed by atoms with Crippen LogP contribution in [0.3, 0.4) is 0 Å². The van der Waals surface area contributed by atoms with Crippen molar-refractivity contribution in [1.29, 1.82) is 0 Å². The number of nitro benzene ring substituents is 1. The molecule has 2 aromatic rings. The quantitative estimate of drug-likeness (QED) is 0.647. The van der Waals surface area contributed by atoms with Gasteiger partial charge in [0.25, 0.3) is 5.69 Å². The molecular weight excluding hydrogens is 336 g/mol. The molecule has 2 rings (SSSR count). The Morgan fingerprint density at radius 1 is 1.19 bits per heavy atom. The van der Waals surface area contributed by atoms with Gasteiger partial charge in [-0.05, 0) is 31.0 Å². The van der Waals surface area contributed by atoms with E-state index in [1.165, 1.54) is 6.07 Å². The maximum atomic E-state index is 11.1. The predicted molar refractivity (Wildman–Crippen MR) is 86.9 cm³/mol. The minimum absolute atomic E-state index is 0.0175. The first-order valence-corrected chi connectivity index (χ1v) is 7.27. The fourth-order valence-electron chi connectivity index (χ4n) is 1.60. The van der Waals surface area contributed by atoms with Crippen LogP contribution in [-0.4, -0.2) is 14.9 Å². The van der Waals surface area contributed by atoms with Crippen molar-refractivity contribution < 1.29 is 4.92 Å². The zero-order chi connectivity index (χ0) is 16.0. The Labute approximate surface area is 131 Å². The predicted octanol–water partition coefficient (Wildman–Crippen LogP) is 4.53. The molecule has 7 heteroatoms. The Bertz CT molecular complexity index is 630. The number of anilines is 2. The summed E-state index contributed by atoms with van der Waals surface area (Å²) >= 11 is 3.25. The number of aromatic nitrogens is 2. The number of benzene rings is 1. The molecule has 112 valence electrons. The fourth-order valence-corrected chi connectivity index (χ4v) is 2.16. The van der Waals surface area contributed by atoms with E-state index < -0.39 is 4.92 Å². The summed E-state index contributed by atoms with van der Waals surface area (Å²) in [4.78, 5) is 18.8. The average molecular weight is 353 g/mol. The van der Waals surface area contributed by atoms with Crippen LogP contribution in [0.5, 0.6) is 0 Å². The van der Waals surface area contributed by atoms with Crippen molar-refractivity contribution in [3.05, 3.63) is 50.2 Å². The number of aryl methyl sites for hydroxylation is 2. The van der Waals surface area contributed by atoms with Crippen molar-refractivity contribution in [2.45, 2.75) is 27.7 Å². The normalized spacial score (nSPS) is 9.57. The lowest BCUT2D eigenvalue weighted by atomic mass is 10.1. The minimum atomic E-state index is -0.436. The van der Waals surface area contributed by atoms with E-state index in [9.17, 15) is 10.1 Å². The molecular formula is C14H17BrN4O2. The Hall–Kier alpha value is -2.02. The molecule has 0 fully saturated rings. The maximum Gasteiger partial charge on any atom is 0.294 e. The zero-order valence-corrected chi connectivity index (χ0v) is 13.9. The van der Waals surface area contributed by atoms with Crippen molar-refractivity contribution in [1.82, 2.24) is 9.97 Å². The molecule has 0 saturated carbocycles. The topological polar surface area (TPSA) is 81.0 Å². The first-order chi connectivity index (χ1) is 9.97. The Morgan fingerprint density at radius 3 is 2.29 bits per heavy atom. The number of rotatable bonds is 3. The first-order valence-electron chi connectivity index (χ1n) is 6.47. The Morgan fingerprint density at radius 2 is 1.76 bits per heavy atom. The number of nitro groups is 1. The van der Waals surface area contributed by atoms with Gasteiger partial charge >= 0.3 is 0 Å². The fraction of sp³-hybridized carbons (Fsp3) is 0.286. The number of halogens is 1. The molecule has 0 saturated heterocycles. The van der Waals surface area contributed by atoms with Crippen LogP contribution >= 0.6 is 15.9 Å². The van der Waals surface area contributed by atoms with Gasteiger partial charge in [0.1, 0.15) is 5.69 Å². The van der Waals surface area contributed by atoms with Gasteiger partial charge in [-0.3, -0.25) is 10.1 Å². The molecule has 0 amide bonds. The van der Waals surface area contributed by atoms with Gasteiger partial charge < -0.3 is 5.32 Å². The van der Waals surface area contributed by atoms with Crippen LogP contribution in [0.4, 0.5) is 17.3 Å². The Kier molecular flexibility index (Phi) is 6.23. The summed E-state index contributed by atoms with van der Waals surface area (Å²) in [5.74, 6) is 0.333. The largest absolute Gasteiger partial charge is 0.318 e. The number of nitrogens with one attached hydrogen (secondary N) is 1. The molecule has 1 N–H and O–H groups in total. The summed E-state index contributed by atoms with van der Waals surface area (Å²) in [6.45, 7) is 7.66. The van der Waals surface area contributed by atoms with E-state index in [4.69, 9.17) is 0 Å². The van der Waals surface area contributed by atoms with Gasteiger partial charge in [-0.15, -0.1) is 0 Å². The molecule has 21 heavy (non-hydrogen) atoms. The summed E-state index contributed by atoms with van der Waals surface area (Å²) in [7, 11) is 0. The third-order valence-electron chi connectivity index (χ3n) is 2.49. The van der Waals surface area contributed by atoms with Gasteiger partial charge in [0.15, 0.2) is 0 Å². The second-order valence-electron chi connectivity index (χ2n) is 4.08. The molecule has 0 unspecified atom stereocenters. The van der Waals surface area contributed by atoms with E-state index in [-0.39, 0.29) is 5.69 Å². The van der Waals surface area contributed by atoms with Crippen LogP contribution in [0.2, 0.25) is 0 Å². The van der Waals surface area contributed by atoms with Crippen LogP contribution in [0, 0.1) is 24.0 Å². The van der Waals surface area contributed by atoms with E-state index in [1.807, 2.05) is 20.8 Å². The second kappa shape index (κ2) is 7.68. The van der Waals surface area contributed by atoms with Crippen LogP contribution in [0.25, 0.3) is 0 Å². The Balaban J connectivity index is 0.00000106. The molecule has 0 aliphatic heterocycles. The molecule has 0 aliphatic carbocycles. The van der Waals surface area contributed by atoms with Crippen molar-refractivity contribution in [2.24, 2.45) is 0 Å². The van der Waals surface area contributed by atoms with Gasteiger partial charge in [0.2, 0.25) is 5.95 Å². The highest BCUT2D eigenvalue weighted by molar-refractivity contribution is 9.10. The lowest BCUT2D eigenvalue weighted by Gasteiger charge is -2.09. The van der Waals surface area contributed by atoms with Gasteiger partial charge in [0.05, 0.1) is 4.92 Å². The number of nitrogens with zero attached hydrogens (tertiary/aromatic N) is 3. The van der Waals surface area contributed by atoms with Crippen LogP contribution in [0.1, 0.15) is 25.0 Å². The summed E-state index contributed by atoms with van der Waals surface area (Å²) in [5.41, 5.74) is 2.05. The van der Waals surface area contributed by atoms with Crippen molar-refractivity contribution in [3.63, 3.8) is 0 Å². The first kappa shape index (κ1) is 17.0. The zero-order valence-electron chi connectivity index (χ0n) is 12.3. The smallest absolute Gasteiger partial charge is 0.294 e. The molecule has 0 spiro atoms. The highest BCUT2D eigenvalue weighted by Gasteiger charge is 2.18. The highest BCUT2D eigenvalue weighted by Crippen LogP contribution is 2.33. The van der Waals surface area contributed by atoms with Crippen LogP contribution in [0.15, 0.2) is 29.0 Å². The second-order valence-corrected chi connectivity index (χ2v) is 5.00. The lowest BCUT2D eigenvalue weighted by Crippen LogP contribution is -2.02. The van der Waals surface area contributed by atoms with E-state index in [0.717, 1.165) is 11.1 Å². The van der Waals surface area contributed by atoms with Crippen LogP contribution in [-0.2, 0) is 0 Å². The molecule has 0 aliphatic rings. The molecule has 1 aromatic carbocycles. The van der Waals surface area contributed by atoms with Gasteiger partial charge in [-0.1, -0.05) is 29.8 Å². The van der Waals surface area contributed by atoms with E-state index in [2.05, 4.69) is 31.2 Å². The van der Waals surface area contributed by atoms with Crippen molar-refractivity contribution >= 4 is 33.3 Å². The van der Waals surface area contributed by atoms with Crippen molar-refractivity contribution in [3.8, 4) is 0 Å². The average Bonchev–Trinajstić information content (AvgIpc) is 2.45. The van der Waals surface area contributed by atoms with Gasteiger partial charge in [-0.25, -0.2) is 9.97 Å². The number of hydrogen-bond donors (Lipinski definition) is 1. The third-order valence-corrected chi connectivity index (χ3v) is 2.95. The number of hydrogen-bond acceptors (Lipinski definition) is 5. The minimum Gasteiger partial charge on any atom is -0.318 e. The SMILES string of the molecule is CC.Cc1cnc(Nc2c(C)cc(Br)cc2[N+](=O)[O-])nc1. The molecule has 6 nitrogen and oxygen atoms in total. The van der Waals surface area contributed by atoms with E-state index in [0.29, 0.717) is 16.1 Å². The molecule has 0 radical (unpaired) electrons. The molecule has 1 heterocycles. The highest BCUT2D eigenvalue weighted by atomic mass is 79.9. The maximum absolute atomic E-state index is 11.1. The summed E-state index contributed by atoms with van der Waals surface area (Å²) in [6.07, 6.45) is 3.30.